The van der Waals surface area contributed by atoms with E-state index in [2.05, 4.69) is 66.0 Å². The van der Waals surface area contributed by atoms with E-state index in [0.717, 1.165) is 62.2 Å². The maximum absolute atomic E-state index is 12.6. The van der Waals surface area contributed by atoms with Gasteiger partial charge in [-0.15, -0.1) is 0 Å². The molecule has 0 bridgehead atoms. The Morgan fingerprint density at radius 1 is 1.19 bits per heavy atom. The first kappa shape index (κ1) is 22.7. The maximum atomic E-state index is 12.6. The second-order valence-electron chi connectivity index (χ2n) is 9.93. The van der Waals surface area contributed by atoms with Crippen molar-refractivity contribution in [3.8, 4) is 11.1 Å². The van der Waals surface area contributed by atoms with Gasteiger partial charge in [0.05, 0.1) is 11.5 Å². The summed E-state index contributed by atoms with van der Waals surface area (Å²) in [5.74, 6) is 1.26. The summed E-state index contributed by atoms with van der Waals surface area (Å²) in [6, 6.07) is 12.9. The zero-order chi connectivity index (χ0) is 22.6. The molecular weight excluding hydrogens is 400 g/mol. The summed E-state index contributed by atoms with van der Waals surface area (Å²) in [4.78, 5) is 17.0. The van der Waals surface area contributed by atoms with Gasteiger partial charge in [-0.25, -0.2) is 4.98 Å². The Balaban J connectivity index is 1.38. The summed E-state index contributed by atoms with van der Waals surface area (Å²) in [5.41, 5.74) is 3.22. The average molecular weight is 437 g/mol. The van der Waals surface area contributed by atoms with Crippen LogP contribution in [0.1, 0.15) is 46.5 Å². The Hall–Kier alpha value is -2.44. The van der Waals surface area contributed by atoms with E-state index in [1.54, 1.807) is 6.20 Å². The van der Waals surface area contributed by atoms with E-state index in [4.69, 9.17) is 4.74 Å². The van der Waals surface area contributed by atoms with Crippen molar-refractivity contribution in [3.63, 3.8) is 0 Å². The van der Waals surface area contributed by atoms with Gasteiger partial charge in [-0.2, -0.15) is 0 Å². The number of ether oxygens (including phenoxy) is 1. The lowest BCUT2D eigenvalue weighted by atomic mass is 9.88. The van der Waals surface area contributed by atoms with E-state index in [1.165, 1.54) is 0 Å². The number of nitrogens with zero attached hydrogens (tertiary/aromatic N) is 1. The molecule has 32 heavy (non-hydrogen) atoms. The third kappa shape index (κ3) is 6.08. The molecule has 2 fully saturated rings. The van der Waals surface area contributed by atoms with E-state index in [-0.39, 0.29) is 17.4 Å². The summed E-state index contributed by atoms with van der Waals surface area (Å²) in [6.07, 6.45) is 5.87. The second kappa shape index (κ2) is 10.0. The lowest BCUT2D eigenvalue weighted by molar-refractivity contribution is -0.120. The molecule has 1 amide bonds. The van der Waals surface area contributed by atoms with Crippen LogP contribution in [0.15, 0.2) is 42.6 Å². The van der Waals surface area contributed by atoms with Crippen LogP contribution < -0.4 is 16.0 Å². The Kier molecular flexibility index (Phi) is 7.11. The van der Waals surface area contributed by atoms with E-state index < -0.39 is 0 Å². The molecule has 172 valence electrons. The largest absolute Gasteiger partial charge is 0.385 e. The van der Waals surface area contributed by atoms with E-state index >= 15 is 0 Å². The van der Waals surface area contributed by atoms with Crippen molar-refractivity contribution in [1.82, 2.24) is 10.3 Å². The number of aromatic nitrogens is 1. The van der Waals surface area contributed by atoms with Gasteiger partial charge in [0.15, 0.2) is 0 Å². The molecule has 2 saturated heterocycles. The standard InChI is InChI=1S/C26H36N4O2/c1-18-7-8-22(17-28-18)25(31)30-24-14-21(9-11-27-24)20-5-4-6-23(13-20)29-16-19-10-12-32-26(2,3)15-19/h4-6,9,11,13-14,18-19,22,28-29H,7-8,10,12,15-17H2,1-3H3,(H,27,30,31)/t18-,19+,22-/m1/s1. The average Bonchev–Trinajstić information content (AvgIpc) is 2.78. The number of carbonyl (C=O) groups is 1. The predicted octanol–water partition coefficient (Wildman–Crippen LogP) is 4.69. The smallest absolute Gasteiger partial charge is 0.229 e. The lowest BCUT2D eigenvalue weighted by Crippen LogP contribution is -2.41. The number of carbonyl (C=O) groups excluding carboxylic acids is 1. The molecule has 2 aliphatic rings. The molecule has 0 spiro atoms. The molecule has 6 heteroatoms. The van der Waals surface area contributed by atoms with Crippen molar-refractivity contribution >= 4 is 17.4 Å². The number of nitrogens with one attached hydrogen (secondary N) is 3. The second-order valence-corrected chi connectivity index (χ2v) is 9.93. The van der Waals surface area contributed by atoms with Gasteiger partial charge in [0.1, 0.15) is 5.82 Å². The van der Waals surface area contributed by atoms with Gasteiger partial charge in [0.25, 0.3) is 0 Å². The van der Waals surface area contributed by atoms with Crippen molar-refractivity contribution < 1.29 is 9.53 Å². The van der Waals surface area contributed by atoms with Crippen LogP contribution in [0.5, 0.6) is 0 Å². The highest BCUT2D eigenvalue weighted by atomic mass is 16.5. The highest BCUT2D eigenvalue weighted by Gasteiger charge is 2.28. The first-order valence-corrected chi connectivity index (χ1v) is 11.9. The topological polar surface area (TPSA) is 75.3 Å². The minimum Gasteiger partial charge on any atom is -0.385 e. The van der Waals surface area contributed by atoms with Gasteiger partial charge in [0, 0.05) is 37.6 Å². The number of piperidine rings is 1. The molecule has 3 heterocycles. The first-order valence-electron chi connectivity index (χ1n) is 11.9. The Bertz CT molecular complexity index is 922. The Morgan fingerprint density at radius 3 is 2.81 bits per heavy atom. The molecule has 0 saturated carbocycles. The minimum absolute atomic E-state index is 0.000603. The lowest BCUT2D eigenvalue weighted by Gasteiger charge is -2.35. The zero-order valence-corrected chi connectivity index (χ0v) is 19.5. The summed E-state index contributed by atoms with van der Waals surface area (Å²) >= 11 is 0. The van der Waals surface area contributed by atoms with Crippen molar-refractivity contribution in [2.24, 2.45) is 11.8 Å². The third-order valence-electron chi connectivity index (χ3n) is 6.63. The predicted molar refractivity (Wildman–Crippen MR) is 130 cm³/mol. The number of amides is 1. The van der Waals surface area contributed by atoms with Gasteiger partial charge >= 0.3 is 0 Å². The molecule has 3 atom stereocenters. The van der Waals surface area contributed by atoms with Crippen LogP contribution in [0.4, 0.5) is 11.5 Å². The van der Waals surface area contributed by atoms with E-state index in [0.29, 0.717) is 17.8 Å². The Morgan fingerprint density at radius 2 is 2.03 bits per heavy atom. The summed E-state index contributed by atoms with van der Waals surface area (Å²) in [6.45, 7) is 9.01. The van der Waals surface area contributed by atoms with Crippen LogP contribution in [-0.2, 0) is 9.53 Å². The monoisotopic (exact) mass is 436 g/mol. The van der Waals surface area contributed by atoms with Crippen LogP contribution >= 0.6 is 0 Å². The fourth-order valence-electron chi connectivity index (χ4n) is 4.73. The van der Waals surface area contributed by atoms with Gasteiger partial charge in [-0.05, 0) is 87.8 Å². The normalized spacial score (nSPS) is 25.2. The van der Waals surface area contributed by atoms with Crippen molar-refractivity contribution in [2.75, 3.05) is 30.3 Å². The SMILES string of the molecule is C[C@@H]1CC[C@@H](C(=O)Nc2cc(-c3cccc(NC[C@H]4CCOC(C)(C)C4)c3)ccn2)CN1. The summed E-state index contributed by atoms with van der Waals surface area (Å²) < 4.78 is 5.84. The molecule has 0 radical (unpaired) electrons. The molecule has 4 rings (SSSR count). The van der Waals surface area contributed by atoms with Gasteiger partial charge in [0.2, 0.25) is 5.91 Å². The molecule has 3 N–H and O–H groups in total. The van der Waals surface area contributed by atoms with Gasteiger partial charge < -0.3 is 20.7 Å². The van der Waals surface area contributed by atoms with E-state index in [9.17, 15) is 4.79 Å². The summed E-state index contributed by atoms with van der Waals surface area (Å²) in [7, 11) is 0. The number of rotatable bonds is 6. The molecular formula is C26H36N4O2. The van der Waals surface area contributed by atoms with Crippen LogP contribution in [0.3, 0.4) is 0 Å². The van der Waals surface area contributed by atoms with Crippen molar-refractivity contribution in [1.29, 1.82) is 0 Å². The van der Waals surface area contributed by atoms with Crippen LogP contribution in [0.25, 0.3) is 11.1 Å². The highest BCUT2D eigenvalue weighted by molar-refractivity contribution is 5.92. The number of pyridine rings is 1. The molecule has 6 nitrogen and oxygen atoms in total. The number of hydrogen-bond donors (Lipinski definition) is 3. The minimum atomic E-state index is -0.0315. The number of anilines is 2. The molecule has 0 aliphatic carbocycles. The van der Waals surface area contributed by atoms with Crippen molar-refractivity contribution in [3.05, 3.63) is 42.6 Å². The first-order chi connectivity index (χ1) is 15.4. The van der Waals surface area contributed by atoms with Gasteiger partial charge in [-0.1, -0.05) is 12.1 Å². The Labute approximate surface area is 191 Å². The number of benzene rings is 1. The van der Waals surface area contributed by atoms with Crippen LogP contribution in [-0.4, -0.2) is 42.2 Å². The number of hydrogen-bond acceptors (Lipinski definition) is 5. The van der Waals surface area contributed by atoms with Gasteiger partial charge in [-0.3, -0.25) is 4.79 Å². The molecule has 0 unspecified atom stereocenters. The quantitative estimate of drug-likeness (QED) is 0.612. The van der Waals surface area contributed by atoms with E-state index in [1.807, 2.05) is 12.1 Å². The molecule has 2 aromatic rings. The molecule has 1 aromatic heterocycles. The van der Waals surface area contributed by atoms with Crippen molar-refractivity contribution in [2.45, 2.75) is 58.1 Å². The third-order valence-corrected chi connectivity index (χ3v) is 6.63. The fraction of sp³-hybridized carbons (Fsp3) is 0.538. The maximum Gasteiger partial charge on any atom is 0.229 e. The zero-order valence-electron chi connectivity index (χ0n) is 19.5. The van der Waals surface area contributed by atoms with Crippen LogP contribution in [0, 0.1) is 11.8 Å². The fourth-order valence-corrected chi connectivity index (χ4v) is 4.73. The van der Waals surface area contributed by atoms with Crippen LogP contribution in [0.2, 0.25) is 0 Å². The summed E-state index contributed by atoms with van der Waals surface area (Å²) in [5, 5.41) is 10.0. The molecule has 2 aliphatic heterocycles. The molecule has 1 aromatic carbocycles. The highest BCUT2D eigenvalue weighted by Crippen LogP contribution is 2.29.